The van der Waals surface area contributed by atoms with Gasteiger partial charge < -0.3 is 4.55 Å². The van der Waals surface area contributed by atoms with Crippen LogP contribution in [-0.4, -0.2) is 20.4 Å². The molecule has 0 N–H and O–H groups in total. The van der Waals surface area contributed by atoms with Gasteiger partial charge in [0.05, 0.1) is 17.1 Å². The molecule has 0 aliphatic rings. The summed E-state index contributed by atoms with van der Waals surface area (Å²) in [5, 5.41) is 0. The Bertz CT molecular complexity index is 639. The Morgan fingerprint density at radius 3 is 1.81 bits per heavy atom. The summed E-state index contributed by atoms with van der Waals surface area (Å²) in [6, 6.07) is 14.8. The van der Waals surface area contributed by atoms with Gasteiger partial charge in [0, 0.05) is 0 Å². The topological polar surface area (TPSA) is 60.4 Å². The number of hydrogen-bond acceptors (Lipinski definition) is 3. The van der Waals surface area contributed by atoms with Crippen LogP contribution in [0.1, 0.15) is 11.1 Å². The Labute approximate surface area is 126 Å². The Morgan fingerprint density at radius 2 is 1.43 bits per heavy atom. The molecule has 2 aromatic carbocycles. The van der Waals surface area contributed by atoms with Crippen LogP contribution in [0.5, 0.6) is 0 Å². The molecule has 21 heavy (non-hydrogen) atoms. The summed E-state index contributed by atoms with van der Waals surface area (Å²) in [5.74, 6) is -1.00. The van der Waals surface area contributed by atoms with E-state index in [1.165, 1.54) is 4.90 Å². The molecule has 1 atom stereocenters. The van der Waals surface area contributed by atoms with Crippen LogP contribution in [0.4, 0.5) is 11.4 Å². The van der Waals surface area contributed by atoms with E-state index in [-0.39, 0.29) is 0 Å². The largest absolute Gasteiger partial charge is 0.772 e. The minimum Gasteiger partial charge on any atom is -0.772 e. The van der Waals surface area contributed by atoms with E-state index in [0.29, 0.717) is 11.4 Å². The Hall–Kier alpha value is -1.98. The molecule has 0 spiro atoms. The zero-order valence-corrected chi connectivity index (χ0v) is 12.7. The molecular formula is C16H16NO3S-. The third-order valence-electron chi connectivity index (χ3n) is 3.20. The van der Waals surface area contributed by atoms with Crippen LogP contribution < -0.4 is 4.90 Å². The van der Waals surface area contributed by atoms with E-state index >= 15 is 0 Å². The van der Waals surface area contributed by atoms with Gasteiger partial charge in [0.1, 0.15) is 0 Å². The lowest BCUT2D eigenvalue weighted by Crippen LogP contribution is -2.31. The van der Waals surface area contributed by atoms with Crippen LogP contribution in [0.2, 0.25) is 0 Å². The lowest BCUT2D eigenvalue weighted by atomic mass is 10.1. The molecule has 0 aromatic heterocycles. The molecule has 0 bridgehead atoms. The molecule has 2 aromatic rings. The molecule has 1 unspecified atom stereocenters. The van der Waals surface area contributed by atoms with Crippen LogP contribution in [0.15, 0.2) is 48.5 Å². The van der Waals surface area contributed by atoms with Crippen molar-refractivity contribution in [2.75, 3.05) is 10.7 Å². The van der Waals surface area contributed by atoms with Gasteiger partial charge in [-0.2, -0.15) is 0 Å². The lowest BCUT2D eigenvalue weighted by Gasteiger charge is -2.26. The van der Waals surface area contributed by atoms with Crippen LogP contribution in [0, 0.1) is 13.8 Å². The normalized spacial score (nSPS) is 12.0. The smallest absolute Gasteiger partial charge is 0.242 e. The summed E-state index contributed by atoms with van der Waals surface area (Å²) >= 11 is -2.42. The molecule has 5 heteroatoms. The number of amides is 1. The molecule has 2 rings (SSSR count). The number of carbonyl (C=O) groups is 1. The quantitative estimate of drug-likeness (QED) is 0.816. The molecule has 0 fully saturated rings. The fraction of sp³-hybridized carbons (Fsp3) is 0.188. The lowest BCUT2D eigenvalue weighted by molar-refractivity contribution is -0.115. The van der Waals surface area contributed by atoms with Gasteiger partial charge >= 0.3 is 0 Å². The van der Waals surface area contributed by atoms with Crippen molar-refractivity contribution in [3.63, 3.8) is 0 Å². The summed E-state index contributed by atoms with van der Waals surface area (Å²) < 4.78 is 21.8. The summed E-state index contributed by atoms with van der Waals surface area (Å²) in [7, 11) is 0. The van der Waals surface area contributed by atoms with Gasteiger partial charge in [0.15, 0.2) is 0 Å². The van der Waals surface area contributed by atoms with Gasteiger partial charge in [-0.3, -0.25) is 13.9 Å². The fourth-order valence-electron chi connectivity index (χ4n) is 2.19. The first-order chi connectivity index (χ1) is 10.0. The van der Waals surface area contributed by atoms with Gasteiger partial charge in [-0.05, 0) is 48.2 Å². The van der Waals surface area contributed by atoms with Gasteiger partial charge in [0.2, 0.25) is 5.91 Å². The number of nitrogens with zero attached hydrogens (tertiary/aromatic N) is 1. The third-order valence-corrected chi connectivity index (χ3v) is 3.69. The first-order valence-corrected chi connectivity index (χ1v) is 7.75. The molecule has 110 valence electrons. The van der Waals surface area contributed by atoms with E-state index < -0.39 is 22.7 Å². The molecule has 1 amide bonds. The fourth-order valence-corrected chi connectivity index (χ4v) is 2.52. The molecule has 0 aliphatic heterocycles. The molecule has 0 heterocycles. The van der Waals surface area contributed by atoms with Gasteiger partial charge in [-0.15, -0.1) is 0 Å². The van der Waals surface area contributed by atoms with Crippen molar-refractivity contribution >= 4 is 28.4 Å². The molecule has 0 saturated carbocycles. The Balaban J connectivity index is 2.55. The van der Waals surface area contributed by atoms with Crippen molar-refractivity contribution in [2.24, 2.45) is 0 Å². The number of carbonyl (C=O) groups excluding carboxylic acids is 1. The Morgan fingerprint density at radius 1 is 1.00 bits per heavy atom. The highest BCUT2D eigenvalue weighted by Crippen LogP contribution is 2.30. The minimum atomic E-state index is -2.42. The van der Waals surface area contributed by atoms with E-state index in [2.05, 4.69) is 0 Å². The van der Waals surface area contributed by atoms with Crippen molar-refractivity contribution in [3.8, 4) is 0 Å². The highest BCUT2D eigenvalue weighted by atomic mass is 32.2. The number of benzene rings is 2. The van der Waals surface area contributed by atoms with Gasteiger partial charge in [0.25, 0.3) is 0 Å². The minimum absolute atomic E-state index is 0.466. The zero-order chi connectivity index (χ0) is 15.4. The van der Waals surface area contributed by atoms with Crippen molar-refractivity contribution in [2.45, 2.75) is 13.8 Å². The molecular weight excluding hydrogens is 286 g/mol. The van der Waals surface area contributed by atoms with E-state index in [4.69, 9.17) is 0 Å². The molecule has 0 aliphatic carbocycles. The predicted octanol–water partition coefficient (Wildman–Crippen LogP) is 2.85. The summed E-state index contributed by atoms with van der Waals surface area (Å²) in [6.07, 6.45) is 0. The monoisotopic (exact) mass is 302 g/mol. The molecule has 4 nitrogen and oxygen atoms in total. The number of para-hydroxylation sites is 2. The van der Waals surface area contributed by atoms with Crippen LogP contribution in [0.3, 0.4) is 0 Å². The van der Waals surface area contributed by atoms with Crippen LogP contribution in [-0.2, 0) is 15.9 Å². The number of hydrogen-bond donors (Lipinski definition) is 0. The zero-order valence-electron chi connectivity index (χ0n) is 11.9. The van der Waals surface area contributed by atoms with Crippen LogP contribution >= 0.6 is 0 Å². The third kappa shape index (κ3) is 3.56. The highest BCUT2D eigenvalue weighted by molar-refractivity contribution is 7.79. The standard InChI is InChI=1S/C16H17NO3S/c1-12-7-3-5-9-14(12)17(16(18)11-21(19)20)15-10-6-4-8-13(15)2/h3-10H,11H2,1-2H3,(H,19,20)/p-1. The van der Waals surface area contributed by atoms with Crippen molar-refractivity contribution in [3.05, 3.63) is 59.7 Å². The van der Waals surface area contributed by atoms with Crippen LogP contribution in [0.25, 0.3) is 0 Å². The summed E-state index contributed by atoms with van der Waals surface area (Å²) in [5.41, 5.74) is 3.21. The summed E-state index contributed by atoms with van der Waals surface area (Å²) in [6.45, 7) is 3.78. The van der Waals surface area contributed by atoms with Gasteiger partial charge in [-0.25, -0.2) is 0 Å². The van der Waals surface area contributed by atoms with E-state index in [1.54, 1.807) is 0 Å². The maximum Gasteiger partial charge on any atom is 0.242 e. The highest BCUT2D eigenvalue weighted by Gasteiger charge is 2.20. The first kappa shape index (κ1) is 15.4. The van der Waals surface area contributed by atoms with Crippen molar-refractivity contribution < 1.29 is 13.6 Å². The van der Waals surface area contributed by atoms with E-state index in [0.717, 1.165) is 11.1 Å². The predicted molar refractivity (Wildman–Crippen MR) is 83.3 cm³/mol. The first-order valence-electron chi connectivity index (χ1n) is 6.51. The Kier molecular flexibility index (Phi) is 4.88. The van der Waals surface area contributed by atoms with Gasteiger partial charge in [-0.1, -0.05) is 36.4 Å². The number of aryl methyl sites for hydroxylation is 2. The molecule has 0 saturated heterocycles. The number of anilines is 2. The second-order valence-electron chi connectivity index (χ2n) is 4.75. The van der Waals surface area contributed by atoms with Crippen molar-refractivity contribution in [1.29, 1.82) is 0 Å². The summed E-state index contributed by atoms with van der Waals surface area (Å²) in [4.78, 5) is 13.9. The second kappa shape index (κ2) is 6.65. The van der Waals surface area contributed by atoms with Crippen molar-refractivity contribution in [1.82, 2.24) is 0 Å². The molecule has 0 radical (unpaired) electrons. The van der Waals surface area contributed by atoms with E-state index in [9.17, 15) is 13.6 Å². The average molecular weight is 302 g/mol. The average Bonchev–Trinajstić information content (AvgIpc) is 2.42. The second-order valence-corrected chi connectivity index (χ2v) is 5.65. The SMILES string of the molecule is Cc1ccccc1N(C(=O)CS(=O)[O-])c1ccccc1C. The maximum absolute atomic E-state index is 12.4. The van der Waals surface area contributed by atoms with E-state index in [1.807, 2.05) is 62.4 Å². The maximum atomic E-state index is 12.4. The number of rotatable bonds is 4.